The second-order valence-electron chi connectivity index (χ2n) is 4.62. The number of imidazole rings is 1. The Morgan fingerprint density at radius 1 is 1.48 bits per heavy atom. The molecule has 1 aromatic carbocycles. The molecule has 0 aliphatic carbocycles. The summed E-state index contributed by atoms with van der Waals surface area (Å²) < 4.78 is 20.4. The lowest BCUT2D eigenvalue weighted by Crippen LogP contribution is -2.09. The molecule has 0 saturated carbocycles. The van der Waals surface area contributed by atoms with Gasteiger partial charge in [0.15, 0.2) is 0 Å². The van der Waals surface area contributed by atoms with Crippen molar-refractivity contribution in [3.05, 3.63) is 47.8 Å². The lowest BCUT2D eigenvalue weighted by molar-refractivity contribution is 0.0600. The van der Waals surface area contributed by atoms with E-state index in [2.05, 4.69) is 22.0 Å². The number of benzene rings is 1. The molecule has 112 valence electrons. The zero-order valence-corrected chi connectivity index (χ0v) is 12.1. The van der Waals surface area contributed by atoms with Gasteiger partial charge in [0.2, 0.25) is 0 Å². The molecule has 0 atom stereocenters. The van der Waals surface area contributed by atoms with Crippen LogP contribution in [0.2, 0.25) is 0 Å². The van der Waals surface area contributed by atoms with Crippen LogP contribution in [0.1, 0.15) is 29.4 Å². The first-order valence-electron chi connectivity index (χ1n) is 6.76. The second-order valence-corrected chi connectivity index (χ2v) is 4.62. The number of anilines is 1. The molecule has 2 rings (SSSR count). The third kappa shape index (κ3) is 3.59. The molecule has 1 N–H and O–H groups in total. The summed E-state index contributed by atoms with van der Waals surface area (Å²) in [5, 5.41) is 2.99. The molecule has 0 amide bonds. The van der Waals surface area contributed by atoms with E-state index in [1.54, 1.807) is 12.5 Å². The van der Waals surface area contributed by atoms with Crippen LogP contribution in [0.15, 0.2) is 30.7 Å². The number of methoxy groups -OCH3 is 1. The summed E-state index contributed by atoms with van der Waals surface area (Å²) >= 11 is 0. The van der Waals surface area contributed by atoms with Gasteiger partial charge in [0, 0.05) is 12.7 Å². The predicted molar refractivity (Wildman–Crippen MR) is 77.6 cm³/mol. The molecule has 5 nitrogen and oxygen atoms in total. The van der Waals surface area contributed by atoms with E-state index in [1.165, 1.54) is 25.3 Å². The summed E-state index contributed by atoms with van der Waals surface area (Å²) in [5.74, 6) is -0.904. The summed E-state index contributed by atoms with van der Waals surface area (Å²) in [5.41, 5.74) is 1.53. The van der Waals surface area contributed by atoms with Crippen LogP contribution in [0.3, 0.4) is 0 Å². The number of hydrogen-bond donors (Lipinski definition) is 1. The normalized spacial score (nSPS) is 10.4. The summed E-state index contributed by atoms with van der Waals surface area (Å²) in [6.07, 6.45) is 4.49. The van der Waals surface area contributed by atoms with Gasteiger partial charge in [-0.3, -0.25) is 0 Å². The highest BCUT2D eigenvalue weighted by Gasteiger charge is 2.10. The van der Waals surface area contributed by atoms with Crippen LogP contribution in [0.4, 0.5) is 10.1 Å². The minimum absolute atomic E-state index is 0.266. The third-order valence-electron chi connectivity index (χ3n) is 3.11. The number of rotatable bonds is 6. The molecule has 0 radical (unpaired) electrons. The first-order chi connectivity index (χ1) is 10.2. The highest BCUT2D eigenvalue weighted by molar-refractivity contribution is 5.90. The molecule has 0 aliphatic heterocycles. The summed E-state index contributed by atoms with van der Waals surface area (Å²) in [6, 6.07) is 4.09. The number of carbonyl (C=O) groups is 1. The Labute approximate surface area is 122 Å². The lowest BCUT2D eigenvalue weighted by atomic mass is 10.2. The molecule has 1 heterocycles. The quantitative estimate of drug-likeness (QED) is 0.831. The topological polar surface area (TPSA) is 56.2 Å². The van der Waals surface area contributed by atoms with Crippen LogP contribution in [0.25, 0.3) is 0 Å². The van der Waals surface area contributed by atoms with Gasteiger partial charge < -0.3 is 14.6 Å². The third-order valence-corrected chi connectivity index (χ3v) is 3.11. The minimum atomic E-state index is -0.492. The maximum Gasteiger partial charge on any atom is 0.337 e. The molecule has 2 aromatic rings. The predicted octanol–water partition coefficient (Wildman–Crippen LogP) is 2.83. The van der Waals surface area contributed by atoms with E-state index in [1.807, 2.05) is 4.57 Å². The fourth-order valence-corrected chi connectivity index (χ4v) is 2.03. The first kappa shape index (κ1) is 15.0. The van der Waals surface area contributed by atoms with Crippen molar-refractivity contribution in [3.63, 3.8) is 0 Å². The highest BCUT2D eigenvalue weighted by atomic mass is 19.1. The van der Waals surface area contributed by atoms with Gasteiger partial charge in [-0.25, -0.2) is 14.2 Å². The Balaban J connectivity index is 2.12. The van der Waals surface area contributed by atoms with Crippen molar-refractivity contribution in [2.75, 3.05) is 12.4 Å². The van der Waals surface area contributed by atoms with Crippen molar-refractivity contribution >= 4 is 11.7 Å². The number of aromatic nitrogens is 2. The standard InChI is InChI=1S/C15H18FN3O2/c1-3-6-19-10-17-8-12(19)9-18-14-7-11(15(20)21-2)4-5-13(14)16/h4-5,7-8,10,18H,3,6,9H2,1-2H3. The maximum atomic E-state index is 13.8. The SMILES string of the molecule is CCCn1cncc1CNc1cc(C(=O)OC)ccc1F. The van der Waals surface area contributed by atoms with E-state index in [0.717, 1.165) is 18.7 Å². The van der Waals surface area contributed by atoms with Crippen LogP contribution >= 0.6 is 0 Å². The lowest BCUT2D eigenvalue weighted by Gasteiger charge is -2.11. The Bertz CT molecular complexity index is 625. The number of ether oxygens (including phenoxy) is 1. The largest absolute Gasteiger partial charge is 0.465 e. The van der Waals surface area contributed by atoms with E-state index < -0.39 is 11.8 Å². The van der Waals surface area contributed by atoms with Crippen LogP contribution in [-0.4, -0.2) is 22.6 Å². The number of nitrogens with zero attached hydrogens (tertiary/aromatic N) is 2. The van der Waals surface area contributed by atoms with Gasteiger partial charge in [-0.15, -0.1) is 0 Å². The van der Waals surface area contributed by atoms with E-state index in [0.29, 0.717) is 12.1 Å². The smallest absolute Gasteiger partial charge is 0.337 e. The molecule has 0 aliphatic rings. The van der Waals surface area contributed by atoms with Crippen LogP contribution < -0.4 is 5.32 Å². The average Bonchev–Trinajstić information content (AvgIpc) is 2.93. The fraction of sp³-hybridized carbons (Fsp3) is 0.333. The van der Waals surface area contributed by atoms with Gasteiger partial charge in [0.1, 0.15) is 5.82 Å². The summed E-state index contributed by atoms with van der Waals surface area (Å²) in [4.78, 5) is 15.6. The van der Waals surface area contributed by atoms with Gasteiger partial charge in [-0.2, -0.15) is 0 Å². The molecule has 6 heteroatoms. The van der Waals surface area contributed by atoms with E-state index >= 15 is 0 Å². The van der Waals surface area contributed by atoms with Crippen molar-refractivity contribution in [3.8, 4) is 0 Å². The van der Waals surface area contributed by atoms with Gasteiger partial charge in [-0.05, 0) is 24.6 Å². The number of aryl methyl sites for hydroxylation is 1. The maximum absolute atomic E-state index is 13.8. The number of halogens is 1. The molecule has 0 saturated heterocycles. The monoisotopic (exact) mass is 291 g/mol. The van der Waals surface area contributed by atoms with Crippen molar-refractivity contribution < 1.29 is 13.9 Å². The van der Waals surface area contributed by atoms with E-state index in [4.69, 9.17) is 0 Å². The van der Waals surface area contributed by atoms with Crippen LogP contribution in [0, 0.1) is 5.82 Å². The van der Waals surface area contributed by atoms with E-state index in [9.17, 15) is 9.18 Å². The van der Waals surface area contributed by atoms with Crippen molar-refractivity contribution in [2.24, 2.45) is 0 Å². The van der Waals surface area contributed by atoms with Crippen LogP contribution in [0.5, 0.6) is 0 Å². The Morgan fingerprint density at radius 3 is 3.00 bits per heavy atom. The molecule has 1 aromatic heterocycles. The Morgan fingerprint density at radius 2 is 2.29 bits per heavy atom. The number of nitrogens with one attached hydrogen (secondary N) is 1. The fourth-order valence-electron chi connectivity index (χ4n) is 2.03. The highest BCUT2D eigenvalue weighted by Crippen LogP contribution is 2.18. The zero-order valence-electron chi connectivity index (χ0n) is 12.1. The number of hydrogen-bond acceptors (Lipinski definition) is 4. The average molecular weight is 291 g/mol. The Hall–Kier alpha value is -2.37. The molecule has 0 bridgehead atoms. The van der Waals surface area contributed by atoms with Gasteiger partial charge in [-0.1, -0.05) is 6.92 Å². The van der Waals surface area contributed by atoms with E-state index in [-0.39, 0.29) is 5.69 Å². The molecular formula is C15H18FN3O2. The second kappa shape index (κ2) is 6.88. The summed E-state index contributed by atoms with van der Waals surface area (Å²) in [6.45, 7) is 3.37. The van der Waals surface area contributed by atoms with Crippen LogP contribution in [-0.2, 0) is 17.8 Å². The minimum Gasteiger partial charge on any atom is -0.465 e. The van der Waals surface area contributed by atoms with Gasteiger partial charge in [0.05, 0.1) is 36.9 Å². The van der Waals surface area contributed by atoms with Gasteiger partial charge in [0.25, 0.3) is 0 Å². The van der Waals surface area contributed by atoms with Crippen molar-refractivity contribution in [2.45, 2.75) is 26.4 Å². The number of esters is 1. The zero-order chi connectivity index (χ0) is 15.2. The number of carbonyl (C=O) groups excluding carboxylic acids is 1. The van der Waals surface area contributed by atoms with Crippen molar-refractivity contribution in [1.29, 1.82) is 0 Å². The molecule has 0 fully saturated rings. The van der Waals surface area contributed by atoms with Gasteiger partial charge >= 0.3 is 5.97 Å². The molecule has 0 unspecified atom stereocenters. The first-order valence-corrected chi connectivity index (χ1v) is 6.76. The molecular weight excluding hydrogens is 273 g/mol. The molecule has 21 heavy (non-hydrogen) atoms. The summed E-state index contributed by atoms with van der Waals surface area (Å²) in [7, 11) is 1.29. The van der Waals surface area contributed by atoms with Crippen molar-refractivity contribution in [1.82, 2.24) is 9.55 Å². The molecule has 0 spiro atoms. The Kier molecular flexibility index (Phi) is 4.92.